The van der Waals surface area contributed by atoms with Crippen LogP contribution in [0.1, 0.15) is 137 Å². The van der Waals surface area contributed by atoms with Gasteiger partial charge in [0.1, 0.15) is 0 Å². The van der Waals surface area contributed by atoms with Crippen molar-refractivity contribution in [3.8, 4) is 0 Å². The van der Waals surface area contributed by atoms with Crippen molar-refractivity contribution in [2.24, 2.45) is 5.41 Å². The molecule has 200 valence electrons. The van der Waals surface area contributed by atoms with Crippen LogP contribution in [0.4, 0.5) is 0 Å². The fourth-order valence-corrected chi connectivity index (χ4v) is 1.25. The summed E-state index contributed by atoms with van der Waals surface area (Å²) in [5, 5.41) is 0. The van der Waals surface area contributed by atoms with Crippen LogP contribution < -0.4 is 0 Å². The van der Waals surface area contributed by atoms with Crippen LogP contribution in [0.2, 0.25) is 0 Å². The summed E-state index contributed by atoms with van der Waals surface area (Å²) in [4.78, 5) is 3.78. The Morgan fingerprint density at radius 1 is 0.424 bits per heavy atom. The highest BCUT2D eigenvalue weighted by atomic mass is 14.6. The molecule has 0 aliphatic heterocycles. The molecule has 0 atom stereocenters. The van der Waals surface area contributed by atoms with Crippen LogP contribution in [-0.4, -0.2) is 4.98 Å². The Balaban J connectivity index is -0.0000000517. The molecule has 0 fully saturated rings. The van der Waals surface area contributed by atoms with Gasteiger partial charge in [0.25, 0.3) is 0 Å². The summed E-state index contributed by atoms with van der Waals surface area (Å²) in [6.45, 7) is 39.4. The maximum Gasteiger partial charge on any atom is 0.0267 e. The van der Waals surface area contributed by atoms with Gasteiger partial charge in [-0.25, -0.2) is 0 Å². The molecule has 0 N–H and O–H groups in total. The maximum absolute atomic E-state index is 3.78. The van der Waals surface area contributed by atoms with E-state index in [1.807, 2.05) is 101 Å². The fourth-order valence-electron chi connectivity index (χ4n) is 1.25. The van der Waals surface area contributed by atoms with Gasteiger partial charge in [0.2, 0.25) is 0 Å². The highest BCUT2D eigenvalue weighted by molar-refractivity contribution is 5.21. The van der Waals surface area contributed by atoms with Crippen molar-refractivity contribution < 1.29 is 0 Å². The molecule has 33 heavy (non-hydrogen) atoms. The van der Waals surface area contributed by atoms with Crippen molar-refractivity contribution in [1.29, 1.82) is 0 Å². The van der Waals surface area contributed by atoms with Crippen molar-refractivity contribution in [2.45, 2.75) is 137 Å². The van der Waals surface area contributed by atoms with Gasteiger partial charge < -0.3 is 0 Å². The van der Waals surface area contributed by atoms with Gasteiger partial charge in [-0.3, -0.25) is 4.98 Å². The lowest BCUT2D eigenvalue weighted by molar-refractivity contribution is 0.469. The van der Waals surface area contributed by atoms with E-state index in [0.29, 0.717) is 10.8 Å². The number of pyridine rings is 1. The molecule has 0 aliphatic rings. The first-order chi connectivity index (χ1) is 15.6. The van der Waals surface area contributed by atoms with Crippen molar-refractivity contribution in [3.05, 3.63) is 66.5 Å². The minimum Gasteiger partial charge on any atom is -0.265 e. The summed E-state index contributed by atoms with van der Waals surface area (Å²) in [7, 11) is 0. The van der Waals surface area contributed by atoms with E-state index < -0.39 is 0 Å². The van der Waals surface area contributed by atoms with Crippen molar-refractivity contribution >= 4 is 0 Å². The highest BCUT2D eigenvalue weighted by Gasteiger charge is 2.11. The molecule has 2 rings (SSSR count). The van der Waals surface area contributed by atoms with E-state index >= 15 is 0 Å². The molecular weight excluding hydrogens is 398 g/mol. The summed E-state index contributed by atoms with van der Waals surface area (Å²) in [6.07, 6.45) is 3.50. The third-order valence-corrected chi connectivity index (χ3v) is 2.21. The number of rotatable bonds is 0. The number of benzene rings is 1. The average Bonchev–Trinajstić information content (AvgIpc) is 2.87. The van der Waals surface area contributed by atoms with Gasteiger partial charge >= 0.3 is 0 Å². The minimum absolute atomic E-state index is 0.293. The largest absolute Gasteiger partial charge is 0.265 e. The second-order valence-corrected chi connectivity index (χ2v) is 7.64. The summed E-state index contributed by atoms with van der Waals surface area (Å²) in [5.74, 6) is 0. The third kappa shape index (κ3) is 72.4. The van der Waals surface area contributed by atoms with E-state index in [0.717, 1.165) is 0 Å². The quantitative estimate of drug-likeness (QED) is 0.377. The van der Waals surface area contributed by atoms with Crippen LogP contribution in [0.25, 0.3) is 0 Å². The molecule has 0 aliphatic carbocycles. The lowest BCUT2D eigenvalue weighted by Crippen LogP contribution is -2.10. The van der Waals surface area contributed by atoms with E-state index in [4.69, 9.17) is 0 Å². The third-order valence-electron chi connectivity index (χ3n) is 2.21. The van der Waals surface area contributed by atoms with Gasteiger partial charge in [-0.05, 0) is 28.5 Å². The molecule has 1 heteroatoms. The van der Waals surface area contributed by atoms with E-state index in [1.54, 1.807) is 12.4 Å². The summed E-state index contributed by atoms with van der Waals surface area (Å²) < 4.78 is 0. The Morgan fingerprint density at radius 3 is 0.788 bits per heavy atom. The predicted octanol–water partition coefficient (Wildman–Crippen LogP) is 12.3. The van der Waals surface area contributed by atoms with Crippen molar-refractivity contribution in [3.63, 3.8) is 0 Å². The van der Waals surface area contributed by atoms with E-state index in [2.05, 4.69) is 83.8 Å². The second-order valence-electron chi connectivity index (χ2n) is 7.64. The van der Waals surface area contributed by atoms with Gasteiger partial charge in [-0.15, -0.1) is 0 Å². The number of nitrogens with zero attached hydrogens (tertiary/aromatic N) is 1. The Bertz CT molecular complexity index is 415. The molecule has 0 amide bonds. The Hall–Kier alpha value is -1.63. The summed E-state index contributed by atoms with van der Waals surface area (Å²) >= 11 is 0. The first kappa shape index (κ1) is 48.7. The van der Waals surface area contributed by atoms with Crippen molar-refractivity contribution in [2.75, 3.05) is 0 Å². The predicted molar refractivity (Wildman–Crippen MR) is 163 cm³/mol. The Labute approximate surface area is 213 Å². The van der Waals surface area contributed by atoms with Gasteiger partial charge in [0.05, 0.1) is 0 Å². The van der Waals surface area contributed by atoms with E-state index in [1.165, 1.54) is 5.56 Å². The highest BCUT2D eigenvalue weighted by Crippen LogP contribution is 2.20. The van der Waals surface area contributed by atoms with Crippen LogP contribution in [0.5, 0.6) is 0 Å². The van der Waals surface area contributed by atoms with Crippen LogP contribution >= 0.6 is 0 Å². The topological polar surface area (TPSA) is 12.9 Å². The smallest absolute Gasteiger partial charge is 0.0267 e. The Morgan fingerprint density at radius 2 is 0.667 bits per heavy atom. The lowest BCUT2D eigenvalue weighted by Gasteiger charge is -2.18. The summed E-state index contributed by atoms with van der Waals surface area (Å²) in [5.41, 5.74) is 2.19. The molecule has 0 unspecified atom stereocenters. The van der Waals surface area contributed by atoms with Gasteiger partial charge in [0.15, 0.2) is 0 Å². The molecule has 0 spiro atoms. The van der Waals surface area contributed by atoms with Gasteiger partial charge in [-0.1, -0.05) is 168 Å². The zero-order valence-corrected chi connectivity index (χ0v) is 26.7. The van der Waals surface area contributed by atoms with Gasteiger partial charge in [0, 0.05) is 12.4 Å². The molecule has 1 nitrogen and oxygen atoms in total. The zero-order chi connectivity index (χ0) is 28.4. The summed E-state index contributed by atoms with van der Waals surface area (Å²) in [6, 6.07) is 16.3. The molecule has 2 aromatic rings. The van der Waals surface area contributed by atoms with Gasteiger partial charge in [-0.2, -0.15) is 0 Å². The van der Waals surface area contributed by atoms with E-state index in [9.17, 15) is 0 Å². The minimum atomic E-state index is 0.293. The second kappa shape index (κ2) is 44.1. The molecule has 1 aromatic heterocycles. The maximum atomic E-state index is 3.78. The number of aromatic nitrogens is 1. The van der Waals surface area contributed by atoms with Crippen LogP contribution in [0.3, 0.4) is 0 Å². The molecule has 1 aromatic carbocycles. The van der Waals surface area contributed by atoms with Crippen LogP contribution in [0.15, 0.2) is 60.9 Å². The molecule has 0 bridgehead atoms. The average molecular weight is 466 g/mol. The van der Waals surface area contributed by atoms with Crippen LogP contribution in [0, 0.1) is 5.41 Å². The fraction of sp³-hybridized carbons (Fsp3) is 0.656. The first-order valence-corrected chi connectivity index (χ1v) is 13.5. The molecule has 0 radical (unpaired) electrons. The number of hydrogen-bond donors (Lipinski definition) is 0. The van der Waals surface area contributed by atoms with Crippen molar-refractivity contribution in [1.82, 2.24) is 4.98 Å². The Kier molecular flexibility index (Phi) is 65.1. The molecule has 1 heterocycles. The molecule has 0 saturated heterocycles. The lowest BCUT2D eigenvalue weighted by atomic mass is 9.87. The monoisotopic (exact) mass is 466 g/mol. The normalized spacial score (nSPS) is 7.85. The number of hydrogen-bond acceptors (Lipinski definition) is 1. The van der Waals surface area contributed by atoms with E-state index in [-0.39, 0.29) is 0 Å². The first-order valence-electron chi connectivity index (χ1n) is 13.5. The molecule has 0 saturated carbocycles. The van der Waals surface area contributed by atoms with Crippen LogP contribution in [-0.2, 0) is 5.41 Å². The zero-order valence-electron chi connectivity index (χ0n) is 26.7. The standard InChI is InChI=1S/C10H14.C5H5N.C5H12.6C2H6/c1-10(2,3)9-7-5-4-6-8-9;1-2-4-6-5-3-1;1-5(2,3)4;6*1-2/h4-8H,1-3H3;1-5H;1-4H3;6*1-2H3. The SMILES string of the molecule is CC.CC.CC.CC.CC.CC.CC(C)(C)C.CC(C)(C)c1ccccc1.c1ccncc1. The molecular formula is C32H67N.